The van der Waals surface area contributed by atoms with E-state index in [1.165, 1.54) is 38.8 Å². The van der Waals surface area contributed by atoms with Crippen LogP contribution in [0, 0.1) is 0 Å². The minimum absolute atomic E-state index is 0.00719. The van der Waals surface area contributed by atoms with Crippen LogP contribution in [0.1, 0.15) is 54.4 Å². The van der Waals surface area contributed by atoms with Gasteiger partial charge in [-0.1, -0.05) is 6.42 Å². The second-order valence-corrected chi connectivity index (χ2v) is 13.7. The van der Waals surface area contributed by atoms with Crippen LogP contribution in [-0.4, -0.2) is 87.4 Å². The standard InChI is InChI=1S/C38H44N2O5S/c1-42-31-16-17-32-35(26-31)46-38(28-10-12-29(13-11-28)44-25-20-39-18-4-5-19-39)36(32)37(41)27-8-14-30(15-9-27)45-34-7-3-2-6-33(34)40-21-23-43-24-22-40/h8-17,26,33-34H,2-7,18-25H2,1H3/t33-,34-/m0/s1. The number of fused-ring (bicyclic) bond motifs is 1. The van der Waals surface area contributed by atoms with Crippen molar-refractivity contribution in [2.24, 2.45) is 0 Å². The predicted octanol–water partition coefficient (Wildman–Crippen LogP) is 7.30. The van der Waals surface area contributed by atoms with E-state index < -0.39 is 0 Å². The van der Waals surface area contributed by atoms with Gasteiger partial charge in [-0.05, 0) is 117 Å². The molecule has 3 fully saturated rings. The summed E-state index contributed by atoms with van der Waals surface area (Å²) in [5, 5.41) is 0.938. The van der Waals surface area contributed by atoms with Gasteiger partial charge in [0.05, 0.1) is 20.3 Å². The Morgan fingerprint density at radius 1 is 0.848 bits per heavy atom. The Bertz CT molecular complexity index is 1610. The van der Waals surface area contributed by atoms with E-state index in [1.807, 2.05) is 54.6 Å². The number of hydrogen-bond acceptors (Lipinski definition) is 8. The smallest absolute Gasteiger partial charge is 0.195 e. The first kappa shape index (κ1) is 31.2. The van der Waals surface area contributed by atoms with Gasteiger partial charge in [-0.3, -0.25) is 14.6 Å². The Morgan fingerprint density at radius 2 is 1.57 bits per heavy atom. The van der Waals surface area contributed by atoms with Crippen LogP contribution in [0.25, 0.3) is 20.5 Å². The van der Waals surface area contributed by atoms with Gasteiger partial charge in [0.15, 0.2) is 5.78 Å². The zero-order valence-corrected chi connectivity index (χ0v) is 27.6. The molecule has 1 aromatic heterocycles. The third kappa shape index (κ3) is 6.95. The molecular weight excluding hydrogens is 596 g/mol. The van der Waals surface area contributed by atoms with Gasteiger partial charge in [-0.2, -0.15) is 0 Å². The third-order valence-corrected chi connectivity index (χ3v) is 10.9. The van der Waals surface area contributed by atoms with Gasteiger partial charge < -0.3 is 18.9 Å². The quantitative estimate of drug-likeness (QED) is 0.159. The minimum atomic E-state index is 0.00719. The molecule has 1 aliphatic carbocycles. The van der Waals surface area contributed by atoms with E-state index in [2.05, 4.69) is 21.9 Å². The van der Waals surface area contributed by atoms with Crippen LogP contribution in [-0.2, 0) is 4.74 Å². The Hall–Kier alpha value is -3.43. The lowest BCUT2D eigenvalue weighted by atomic mass is 9.91. The van der Waals surface area contributed by atoms with Crippen LogP contribution >= 0.6 is 11.3 Å². The maximum absolute atomic E-state index is 14.3. The number of nitrogens with zero attached hydrogens (tertiary/aromatic N) is 2. The summed E-state index contributed by atoms with van der Waals surface area (Å²) in [6.07, 6.45) is 7.36. The summed E-state index contributed by atoms with van der Waals surface area (Å²) >= 11 is 1.62. The van der Waals surface area contributed by atoms with Crippen LogP contribution in [0.4, 0.5) is 0 Å². The van der Waals surface area contributed by atoms with Crippen LogP contribution in [0.3, 0.4) is 0 Å². The highest BCUT2D eigenvalue weighted by Crippen LogP contribution is 2.42. The zero-order valence-electron chi connectivity index (χ0n) is 26.7. The number of ketones is 1. The Labute approximate surface area is 276 Å². The first-order chi connectivity index (χ1) is 22.7. The van der Waals surface area contributed by atoms with Crippen molar-refractivity contribution >= 4 is 27.2 Å². The molecule has 7 nitrogen and oxygen atoms in total. The molecule has 0 N–H and O–H groups in total. The lowest BCUT2D eigenvalue weighted by Gasteiger charge is -2.41. The van der Waals surface area contributed by atoms with Crippen molar-refractivity contribution in [1.29, 1.82) is 0 Å². The van der Waals surface area contributed by atoms with Crippen LogP contribution < -0.4 is 14.2 Å². The fraction of sp³-hybridized carbons (Fsp3) is 0.447. The molecule has 3 heterocycles. The van der Waals surface area contributed by atoms with E-state index in [1.54, 1.807) is 18.4 Å². The zero-order chi connectivity index (χ0) is 31.3. The predicted molar refractivity (Wildman–Crippen MR) is 184 cm³/mol. The molecule has 1 saturated carbocycles. The Balaban J connectivity index is 1.10. The summed E-state index contributed by atoms with van der Waals surface area (Å²) in [5.74, 6) is 2.46. The highest BCUT2D eigenvalue weighted by atomic mass is 32.1. The molecular formula is C38H44N2O5S. The molecule has 0 unspecified atom stereocenters. The second kappa shape index (κ2) is 14.6. The summed E-state index contributed by atoms with van der Waals surface area (Å²) in [6.45, 7) is 7.50. The highest BCUT2D eigenvalue weighted by Gasteiger charge is 2.32. The first-order valence-corrected chi connectivity index (χ1v) is 17.7. The molecule has 0 amide bonds. The SMILES string of the molecule is COc1ccc2c(C(=O)c3ccc(O[C@H]4CCCC[C@@H]4N4CCOCC4)cc3)c(-c3ccc(OCCN4CCCC4)cc3)sc2c1. The molecule has 2 atom stereocenters. The fourth-order valence-corrected chi connectivity index (χ4v) is 8.41. The molecule has 0 radical (unpaired) electrons. The number of rotatable bonds is 11. The van der Waals surface area contributed by atoms with E-state index >= 15 is 0 Å². The molecule has 3 aliphatic rings. The van der Waals surface area contributed by atoms with Gasteiger partial charge in [0.1, 0.15) is 30.0 Å². The van der Waals surface area contributed by atoms with Crippen molar-refractivity contribution in [3.63, 3.8) is 0 Å². The van der Waals surface area contributed by atoms with Gasteiger partial charge >= 0.3 is 0 Å². The van der Waals surface area contributed by atoms with Crippen molar-refractivity contribution in [3.05, 3.63) is 77.9 Å². The van der Waals surface area contributed by atoms with Gasteiger partial charge in [0.2, 0.25) is 0 Å². The second-order valence-electron chi connectivity index (χ2n) is 12.6. The molecule has 46 heavy (non-hydrogen) atoms. The van der Waals surface area contributed by atoms with Crippen LogP contribution in [0.5, 0.6) is 17.2 Å². The van der Waals surface area contributed by atoms with Crippen molar-refractivity contribution in [1.82, 2.24) is 9.80 Å². The lowest BCUT2D eigenvalue weighted by Crippen LogP contribution is -2.52. The summed E-state index contributed by atoms with van der Waals surface area (Å²) in [5.41, 5.74) is 2.37. The molecule has 2 saturated heterocycles. The number of carbonyl (C=O) groups is 1. The van der Waals surface area contributed by atoms with Gasteiger partial charge in [0.25, 0.3) is 0 Å². The molecule has 2 aliphatic heterocycles. The number of likely N-dealkylation sites (tertiary alicyclic amines) is 1. The molecule has 7 rings (SSSR count). The molecule has 0 bridgehead atoms. The van der Waals surface area contributed by atoms with Crippen molar-refractivity contribution < 1.29 is 23.7 Å². The van der Waals surface area contributed by atoms with E-state index in [4.69, 9.17) is 18.9 Å². The summed E-state index contributed by atoms with van der Waals surface area (Å²) in [4.78, 5) is 20.2. The summed E-state index contributed by atoms with van der Waals surface area (Å²) < 4.78 is 24.8. The normalized spacial score (nSPS) is 21.0. The molecule has 242 valence electrons. The average Bonchev–Trinajstić information content (AvgIpc) is 3.77. The molecule has 8 heteroatoms. The van der Waals surface area contributed by atoms with E-state index in [-0.39, 0.29) is 11.9 Å². The first-order valence-electron chi connectivity index (χ1n) is 16.9. The average molecular weight is 641 g/mol. The number of methoxy groups -OCH3 is 1. The van der Waals surface area contributed by atoms with Gasteiger partial charge in [-0.25, -0.2) is 0 Å². The summed E-state index contributed by atoms with van der Waals surface area (Å²) in [6, 6.07) is 22.3. The number of hydrogen-bond donors (Lipinski definition) is 0. The van der Waals surface area contributed by atoms with E-state index in [9.17, 15) is 4.79 Å². The Kier molecular flexibility index (Phi) is 9.86. The van der Waals surface area contributed by atoms with Crippen LogP contribution in [0.2, 0.25) is 0 Å². The fourth-order valence-electron chi connectivity index (χ4n) is 7.18. The molecule has 0 spiro atoms. The largest absolute Gasteiger partial charge is 0.497 e. The number of carbonyl (C=O) groups excluding carboxylic acids is 1. The number of ether oxygens (including phenoxy) is 4. The number of benzene rings is 3. The third-order valence-electron chi connectivity index (χ3n) is 9.70. The Morgan fingerprint density at radius 3 is 2.33 bits per heavy atom. The van der Waals surface area contributed by atoms with Crippen LogP contribution in [0.15, 0.2) is 66.7 Å². The van der Waals surface area contributed by atoms with E-state index in [0.29, 0.717) is 18.2 Å². The van der Waals surface area contributed by atoms with E-state index in [0.717, 1.165) is 89.0 Å². The number of morpholine rings is 1. The topological polar surface area (TPSA) is 60.5 Å². The van der Waals surface area contributed by atoms with Crippen molar-refractivity contribution in [2.45, 2.75) is 50.7 Å². The van der Waals surface area contributed by atoms with Crippen molar-refractivity contribution in [3.8, 4) is 27.7 Å². The maximum atomic E-state index is 14.3. The van der Waals surface area contributed by atoms with Gasteiger partial charge in [0, 0.05) is 51.8 Å². The molecule has 4 aromatic rings. The lowest BCUT2D eigenvalue weighted by molar-refractivity contribution is -0.0281. The molecule has 3 aromatic carbocycles. The monoisotopic (exact) mass is 640 g/mol. The number of thiophene rings is 1. The summed E-state index contributed by atoms with van der Waals surface area (Å²) in [7, 11) is 1.67. The van der Waals surface area contributed by atoms with Gasteiger partial charge in [-0.15, -0.1) is 11.3 Å². The minimum Gasteiger partial charge on any atom is -0.497 e. The highest BCUT2D eigenvalue weighted by molar-refractivity contribution is 7.22. The maximum Gasteiger partial charge on any atom is 0.195 e. The van der Waals surface area contributed by atoms with Crippen molar-refractivity contribution in [2.75, 3.05) is 59.7 Å².